The molecular formula is C30H24ClNO7. The highest BCUT2D eigenvalue weighted by Gasteiger charge is 2.32. The molecule has 0 aliphatic heterocycles. The summed E-state index contributed by atoms with van der Waals surface area (Å²) < 4.78 is 16.1. The van der Waals surface area contributed by atoms with Gasteiger partial charge in [-0.15, -0.1) is 5.06 Å². The summed E-state index contributed by atoms with van der Waals surface area (Å²) in [5, 5.41) is 12.2. The number of methoxy groups -OCH3 is 1. The molecule has 0 aliphatic rings. The number of carbonyl (C=O) groups excluding carboxylic acids is 2. The lowest BCUT2D eigenvalue weighted by Gasteiger charge is -2.27. The van der Waals surface area contributed by atoms with E-state index in [0.29, 0.717) is 16.2 Å². The number of esters is 1. The lowest BCUT2D eigenvalue weighted by Crippen LogP contribution is -2.44. The summed E-state index contributed by atoms with van der Waals surface area (Å²) in [5.41, 5.74) is 3.76. The molecule has 0 radical (unpaired) electrons. The summed E-state index contributed by atoms with van der Waals surface area (Å²) in [7, 11) is 1.27. The van der Waals surface area contributed by atoms with Crippen molar-refractivity contribution in [2.45, 2.75) is 19.0 Å². The number of hydrogen-bond acceptors (Lipinski definition) is 8. The van der Waals surface area contributed by atoms with E-state index in [9.17, 15) is 14.7 Å². The SMILES string of the molecule is COC(=O)[C@H](Cc1ccc(O)cc1)N(Cc1ccoc1)OC(=O)c1cc2ccc(-c3ccc(Cl)cc3)cc2o1. The molecule has 5 rings (SSSR count). The summed E-state index contributed by atoms with van der Waals surface area (Å²) in [4.78, 5) is 31.9. The predicted octanol–water partition coefficient (Wildman–Crippen LogP) is 6.41. The van der Waals surface area contributed by atoms with Crippen LogP contribution >= 0.6 is 11.6 Å². The lowest BCUT2D eigenvalue weighted by atomic mass is 10.0. The molecule has 9 heteroatoms. The molecule has 39 heavy (non-hydrogen) atoms. The van der Waals surface area contributed by atoms with E-state index in [2.05, 4.69) is 0 Å². The van der Waals surface area contributed by atoms with Crippen molar-refractivity contribution in [2.75, 3.05) is 7.11 Å². The Morgan fingerprint density at radius 3 is 2.38 bits per heavy atom. The van der Waals surface area contributed by atoms with E-state index in [0.717, 1.165) is 22.1 Å². The average Bonchev–Trinajstić information content (AvgIpc) is 3.62. The van der Waals surface area contributed by atoms with Gasteiger partial charge >= 0.3 is 11.9 Å². The largest absolute Gasteiger partial charge is 0.508 e. The predicted molar refractivity (Wildman–Crippen MR) is 144 cm³/mol. The Morgan fingerprint density at radius 2 is 1.69 bits per heavy atom. The topological polar surface area (TPSA) is 102 Å². The number of halogens is 1. The van der Waals surface area contributed by atoms with Crippen LogP contribution in [0.5, 0.6) is 5.75 Å². The molecule has 0 spiro atoms. The van der Waals surface area contributed by atoms with Gasteiger partial charge in [-0.2, -0.15) is 0 Å². The fourth-order valence-electron chi connectivity index (χ4n) is 4.17. The first-order valence-corrected chi connectivity index (χ1v) is 12.4. The summed E-state index contributed by atoms with van der Waals surface area (Å²) >= 11 is 6.00. The minimum absolute atomic E-state index is 0.0244. The van der Waals surface area contributed by atoms with E-state index in [1.165, 1.54) is 36.8 Å². The summed E-state index contributed by atoms with van der Waals surface area (Å²) in [6.07, 6.45) is 3.14. The van der Waals surface area contributed by atoms with Gasteiger partial charge in [0.2, 0.25) is 5.76 Å². The highest BCUT2D eigenvalue weighted by atomic mass is 35.5. The van der Waals surface area contributed by atoms with Gasteiger partial charge < -0.3 is 23.5 Å². The van der Waals surface area contributed by atoms with E-state index in [4.69, 9.17) is 30.0 Å². The Kier molecular flexibility index (Phi) is 7.67. The average molecular weight is 546 g/mol. The van der Waals surface area contributed by atoms with Crippen LogP contribution in [0.25, 0.3) is 22.1 Å². The van der Waals surface area contributed by atoms with Crippen LogP contribution in [0, 0.1) is 0 Å². The maximum Gasteiger partial charge on any atom is 0.393 e. The number of phenols is 1. The van der Waals surface area contributed by atoms with Crippen LogP contribution in [0.1, 0.15) is 21.7 Å². The molecule has 2 aromatic heterocycles. The molecule has 0 saturated heterocycles. The number of hydroxylamine groups is 2. The second kappa shape index (κ2) is 11.5. The Balaban J connectivity index is 1.42. The van der Waals surface area contributed by atoms with Crippen molar-refractivity contribution in [3.05, 3.63) is 113 Å². The second-order valence-electron chi connectivity index (χ2n) is 8.87. The number of ether oxygens (including phenoxy) is 1. The molecule has 0 amide bonds. The number of hydrogen-bond donors (Lipinski definition) is 1. The number of nitrogens with zero attached hydrogens (tertiary/aromatic N) is 1. The molecule has 5 aromatic rings. The zero-order chi connectivity index (χ0) is 27.4. The van der Waals surface area contributed by atoms with E-state index in [1.807, 2.05) is 30.3 Å². The molecule has 3 aromatic carbocycles. The third kappa shape index (κ3) is 6.14. The van der Waals surface area contributed by atoms with Crippen LogP contribution in [-0.4, -0.2) is 35.3 Å². The summed E-state index contributed by atoms with van der Waals surface area (Å²) in [6, 6.07) is 21.7. The second-order valence-corrected chi connectivity index (χ2v) is 9.30. The molecule has 0 saturated carbocycles. The first-order valence-electron chi connectivity index (χ1n) is 12.0. The van der Waals surface area contributed by atoms with Crippen LogP contribution in [-0.2, 0) is 27.3 Å². The zero-order valence-corrected chi connectivity index (χ0v) is 21.6. The molecule has 0 aliphatic carbocycles. The minimum Gasteiger partial charge on any atom is -0.508 e. The zero-order valence-electron chi connectivity index (χ0n) is 20.9. The van der Waals surface area contributed by atoms with E-state index >= 15 is 0 Å². The minimum atomic E-state index is -0.987. The standard InChI is InChI=1S/C30H24ClNO7/c1-36-29(34)26(14-19-2-10-25(33)11-3-19)32(17-20-12-13-37-18-20)39-30(35)28-16-23-5-4-22(15-27(23)38-28)21-6-8-24(31)9-7-21/h2-13,15-16,18,26,33H,14,17H2,1H3/t26-/m0/s1. The van der Waals surface area contributed by atoms with E-state index in [-0.39, 0.29) is 24.5 Å². The monoisotopic (exact) mass is 545 g/mol. The van der Waals surface area contributed by atoms with Crippen molar-refractivity contribution in [3.8, 4) is 16.9 Å². The third-order valence-corrected chi connectivity index (χ3v) is 6.46. The van der Waals surface area contributed by atoms with Crippen molar-refractivity contribution < 1.29 is 33.1 Å². The molecule has 2 heterocycles. The van der Waals surface area contributed by atoms with Crippen molar-refractivity contribution in [2.24, 2.45) is 0 Å². The van der Waals surface area contributed by atoms with Crippen LogP contribution in [0.3, 0.4) is 0 Å². The molecule has 8 nitrogen and oxygen atoms in total. The van der Waals surface area contributed by atoms with Crippen LogP contribution in [0.15, 0.2) is 100 Å². The number of carbonyl (C=O) groups is 2. The van der Waals surface area contributed by atoms with E-state index in [1.54, 1.807) is 36.4 Å². The molecule has 198 valence electrons. The smallest absolute Gasteiger partial charge is 0.393 e. The maximum atomic E-state index is 13.3. The van der Waals surface area contributed by atoms with Crippen LogP contribution in [0.2, 0.25) is 5.02 Å². The fourth-order valence-corrected chi connectivity index (χ4v) is 4.29. The van der Waals surface area contributed by atoms with Gasteiger partial charge in [-0.05, 0) is 59.2 Å². The van der Waals surface area contributed by atoms with Gasteiger partial charge in [-0.3, -0.25) is 4.79 Å². The van der Waals surface area contributed by atoms with Crippen molar-refractivity contribution in [1.29, 1.82) is 0 Å². The van der Waals surface area contributed by atoms with Crippen LogP contribution in [0.4, 0.5) is 0 Å². The fraction of sp³-hybridized carbons (Fsp3) is 0.133. The van der Waals surface area contributed by atoms with Gasteiger partial charge in [0.25, 0.3) is 0 Å². The van der Waals surface area contributed by atoms with Crippen LogP contribution < -0.4 is 0 Å². The Bertz CT molecular complexity index is 1570. The number of benzene rings is 3. The summed E-state index contributed by atoms with van der Waals surface area (Å²) in [6.45, 7) is 0.0566. The molecule has 1 atom stereocenters. The third-order valence-electron chi connectivity index (χ3n) is 6.20. The van der Waals surface area contributed by atoms with Gasteiger partial charge in [-0.1, -0.05) is 48.0 Å². The number of furan rings is 2. The van der Waals surface area contributed by atoms with E-state index < -0.39 is 18.0 Å². The van der Waals surface area contributed by atoms with Gasteiger partial charge in [-0.25, -0.2) is 4.79 Å². The maximum absolute atomic E-state index is 13.3. The molecule has 0 bridgehead atoms. The molecule has 1 N–H and O–H groups in total. The Labute approximate surface area is 228 Å². The normalized spacial score (nSPS) is 12.0. The highest BCUT2D eigenvalue weighted by Crippen LogP contribution is 2.28. The Hall–Kier alpha value is -4.53. The lowest BCUT2D eigenvalue weighted by molar-refractivity contribution is -0.178. The molecule has 0 fully saturated rings. The van der Waals surface area contributed by atoms with Crippen molar-refractivity contribution in [3.63, 3.8) is 0 Å². The molecular weight excluding hydrogens is 522 g/mol. The van der Waals surface area contributed by atoms with Crippen molar-refractivity contribution in [1.82, 2.24) is 5.06 Å². The highest BCUT2D eigenvalue weighted by molar-refractivity contribution is 6.30. The number of rotatable bonds is 9. The van der Waals surface area contributed by atoms with Gasteiger partial charge in [0.05, 0.1) is 26.2 Å². The first kappa shape index (κ1) is 26.1. The number of fused-ring (bicyclic) bond motifs is 1. The number of phenolic OH excluding ortho intramolecular Hbond substituents is 1. The first-order chi connectivity index (χ1) is 18.9. The van der Waals surface area contributed by atoms with Gasteiger partial charge in [0.15, 0.2) is 0 Å². The van der Waals surface area contributed by atoms with Crippen molar-refractivity contribution >= 4 is 34.5 Å². The molecule has 0 unspecified atom stereocenters. The van der Waals surface area contributed by atoms with Gasteiger partial charge in [0, 0.05) is 22.4 Å². The Morgan fingerprint density at radius 1 is 0.949 bits per heavy atom. The quantitative estimate of drug-likeness (QED) is 0.167. The van der Waals surface area contributed by atoms with Gasteiger partial charge in [0.1, 0.15) is 17.4 Å². The summed E-state index contributed by atoms with van der Waals surface area (Å²) in [5.74, 6) is -1.30. The number of aromatic hydroxyl groups is 1.